The molecule has 2 heterocycles. The summed E-state index contributed by atoms with van der Waals surface area (Å²) in [5.41, 5.74) is 8.70. The summed E-state index contributed by atoms with van der Waals surface area (Å²) in [6, 6.07) is 33.8. The monoisotopic (exact) mass is 1110 g/mol. The lowest BCUT2D eigenvalue weighted by atomic mass is 9.89. The Morgan fingerprint density at radius 2 is 1.39 bits per heavy atom. The third kappa shape index (κ3) is 14.5. The molecule has 0 bridgehead atoms. The van der Waals surface area contributed by atoms with E-state index >= 15 is 8.78 Å². The highest BCUT2D eigenvalue weighted by atomic mass is 32.2. The Bertz CT molecular complexity index is 3150. The Hall–Kier alpha value is -6.32. The summed E-state index contributed by atoms with van der Waals surface area (Å²) in [5, 5.41) is 8.27. The lowest BCUT2D eigenvalue weighted by molar-refractivity contribution is 0.0508. The number of fused-ring (bicyclic) bond motifs is 3. The minimum atomic E-state index is -1.01. The van der Waals surface area contributed by atoms with Crippen molar-refractivity contribution < 1.29 is 46.8 Å². The molecule has 2 fully saturated rings. The number of nitrogens with zero attached hydrogens (tertiary/aromatic N) is 2. The average Bonchev–Trinajstić information content (AvgIpc) is 4.28. The van der Waals surface area contributed by atoms with Crippen molar-refractivity contribution >= 4 is 47.9 Å². The van der Waals surface area contributed by atoms with E-state index < -0.39 is 23.6 Å². The fourth-order valence-electron chi connectivity index (χ4n) is 10.5. The number of esters is 2. The first-order valence-electron chi connectivity index (χ1n) is 28.1. The normalized spacial score (nSPS) is 18.3. The minimum absolute atomic E-state index is 0.0109. The third-order valence-electron chi connectivity index (χ3n) is 15.0. The van der Waals surface area contributed by atoms with Crippen molar-refractivity contribution in [1.82, 2.24) is 0 Å². The molecule has 0 aromatic heterocycles. The topological polar surface area (TPSA) is 118 Å². The Morgan fingerprint density at radius 3 is 2.20 bits per heavy atom. The molecule has 0 N–H and O–H groups in total. The average molecular weight is 1110 g/mol. The summed E-state index contributed by atoms with van der Waals surface area (Å²) in [6.45, 7) is 6.51. The van der Waals surface area contributed by atoms with Crippen molar-refractivity contribution in [1.29, 1.82) is 0 Å². The number of rotatable bonds is 25. The van der Waals surface area contributed by atoms with E-state index in [1.54, 1.807) is 48.7 Å². The van der Waals surface area contributed by atoms with Crippen LogP contribution in [0, 0.1) is 17.6 Å². The van der Waals surface area contributed by atoms with Gasteiger partial charge >= 0.3 is 11.9 Å². The molecule has 0 amide bonds. The second-order valence-corrected chi connectivity index (χ2v) is 23.4. The van der Waals surface area contributed by atoms with Crippen LogP contribution >= 0.6 is 23.5 Å². The van der Waals surface area contributed by atoms with E-state index in [4.69, 9.17) is 28.4 Å². The van der Waals surface area contributed by atoms with Gasteiger partial charge in [0.25, 0.3) is 0 Å². The molecule has 0 radical (unpaired) electrons. The zero-order chi connectivity index (χ0) is 54.5. The molecule has 6 aromatic rings. The molecule has 4 atom stereocenters. The van der Waals surface area contributed by atoms with E-state index in [0.29, 0.717) is 78.5 Å². The maximum Gasteiger partial charge on any atom is 0.343 e. The Morgan fingerprint density at radius 1 is 0.658 bits per heavy atom. The first-order chi connectivity index (χ1) is 38.7. The van der Waals surface area contributed by atoms with Gasteiger partial charge in [-0.3, -0.25) is 0 Å². The van der Waals surface area contributed by atoms with Crippen molar-refractivity contribution in [3.63, 3.8) is 0 Å². The summed E-state index contributed by atoms with van der Waals surface area (Å²) in [4.78, 5) is 28.9. The Kier molecular flexibility index (Phi) is 19.3. The maximum atomic E-state index is 16.0. The molecule has 79 heavy (non-hydrogen) atoms. The maximum absolute atomic E-state index is 16.0. The Balaban J connectivity index is 0.812. The number of hydrogen-bond acceptors (Lipinski definition) is 12. The number of aryl methyl sites for hydroxylation is 2. The summed E-state index contributed by atoms with van der Waals surface area (Å²) < 4.78 is 67.4. The van der Waals surface area contributed by atoms with E-state index in [9.17, 15) is 9.59 Å². The van der Waals surface area contributed by atoms with Gasteiger partial charge < -0.3 is 28.4 Å². The van der Waals surface area contributed by atoms with Gasteiger partial charge in [0.1, 0.15) is 5.75 Å². The van der Waals surface area contributed by atoms with E-state index in [1.807, 2.05) is 30.3 Å². The number of carbonyl (C=O) groups is 2. The number of ether oxygens (including phenoxy) is 6. The van der Waals surface area contributed by atoms with Crippen LogP contribution in [0.3, 0.4) is 0 Å². The Labute approximate surface area is 471 Å². The first-order valence-corrected chi connectivity index (χ1v) is 29.8. The molecule has 1 saturated carbocycles. The molecule has 2 aliphatic heterocycles. The fraction of sp³-hybridized carbons (Fsp3) is 0.385. The van der Waals surface area contributed by atoms with Crippen LogP contribution in [-0.4, -0.2) is 74.2 Å². The molecule has 14 heteroatoms. The molecular formula is C65H68F2N2O8S2. The third-order valence-corrected chi connectivity index (χ3v) is 17.9. The van der Waals surface area contributed by atoms with Crippen LogP contribution in [0.5, 0.6) is 17.2 Å². The molecule has 2 aliphatic carbocycles. The highest BCUT2D eigenvalue weighted by Crippen LogP contribution is 2.55. The highest BCUT2D eigenvalue weighted by molar-refractivity contribution is 8.19. The molecular weight excluding hydrogens is 1040 g/mol. The lowest BCUT2D eigenvalue weighted by Crippen LogP contribution is -2.19. The van der Waals surface area contributed by atoms with Crippen LogP contribution in [0.25, 0.3) is 11.1 Å². The number of hydrogen-bond donors (Lipinski definition) is 0. The standard InChI is InChI=1S/C65H68F2N2O8S2/c1-3-5-33-74-57-37-50(27-29-54(57)73-34-9-32-72-41-43-17-28-55-58(36-43)76-55)65(71)77-56-30-26-47(31-35-75-64(70)48-22-20-45(21-23-48)44-18-15-42(10-4-2)16-19-44)62-63(56)79-59(78-62)38-49-24-25-52(61(67)60(49)66)40-69-68-39-51-13-8-12-46-11-6-7-14-53(46)51/h8,12-13,15-16,18-27,29-30,37,39-40,43,55,58-59H,3-7,9-11,14,17,28,31-36,38,41H2,1-2H3/b68-39+,69-40+. The van der Waals surface area contributed by atoms with Gasteiger partial charge in [-0.2, -0.15) is 10.2 Å². The van der Waals surface area contributed by atoms with Gasteiger partial charge in [0.05, 0.1) is 65.1 Å². The second kappa shape index (κ2) is 27.2. The highest BCUT2D eigenvalue weighted by Gasteiger charge is 2.43. The molecule has 10 rings (SSSR count). The van der Waals surface area contributed by atoms with Gasteiger partial charge in [0.2, 0.25) is 0 Å². The smallest absolute Gasteiger partial charge is 0.343 e. The second-order valence-electron chi connectivity index (χ2n) is 20.7. The molecule has 6 aromatic carbocycles. The van der Waals surface area contributed by atoms with E-state index in [-0.39, 0.29) is 34.3 Å². The molecule has 4 aliphatic rings. The van der Waals surface area contributed by atoms with E-state index in [2.05, 4.69) is 54.4 Å². The van der Waals surface area contributed by atoms with Crippen LogP contribution < -0.4 is 14.2 Å². The van der Waals surface area contributed by atoms with Crippen molar-refractivity contribution in [2.45, 2.75) is 130 Å². The predicted octanol–water partition coefficient (Wildman–Crippen LogP) is 14.8. The predicted molar refractivity (Wildman–Crippen MR) is 309 cm³/mol. The first kappa shape index (κ1) is 56.0. The van der Waals surface area contributed by atoms with Crippen LogP contribution in [0.2, 0.25) is 0 Å². The van der Waals surface area contributed by atoms with Gasteiger partial charge in [0.15, 0.2) is 23.1 Å². The largest absolute Gasteiger partial charge is 0.490 e. The number of thioether (sulfide) groups is 2. The van der Waals surface area contributed by atoms with Crippen LogP contribution in [0.1, 0.15) is 131 Å². The van der Waals surface area contributed by atoms with Gasteiger partial charge in [-0.15, -0.1) is 23.5 Å². The minimum Gasteiger partial charge on any atom is -0.490 e. The van der Waals surface area contributed by atoms with E-state index in [0.717, 1.165) is 98.0 Å². The van der Waals surface area contributed by atoms with Crippen molar-refractivity contribution in [2.75, 3.05) is 33.0 Å². The number of halogens is 2. The summed E-state index contributed by atoms with van der Waals surface area (Å²) >= 11 is 2.90. The lowest BCUT2D eigenvalue weighted by Gasteiger charge is -2.18. The zero-order valence-electron chi connectivity index (χ0n) is 45.0. The quantitative estimate of drug-likeness (QED) is 0.0137. The molecule has 1 saturated heterocycles. The van der Waals surface area contributed by atoms with Gasteiger partial charge in [-0.25, -0.2) is 18.4 Å². The van der Waals surface area contributed by atoms with Crippen molar-refractivity contribution in [2.24, 2.45) is 16.1 Å². The van der Waals surface area contributed by atoms with E-state index in [1.165, 1.54) is 58.9 Å². The van der Waals surface area contributed by atoms with Crippen LogP contribution in [0.4, 0.5) is 8.78 Å². The van der Waals surface area contributed by atoms with Crippen molar-refractivity contribution in [3.05, 3.63) is 171 Å². The SMILES string of the molecule is CCCCOc1cc(C(=O)Oc2ccc(CCOC(=O)c3ccc(-c4ccc(CCC)cc4)cc3)c3c2SC(Cc2ccc(/C=N/N=C/c4cccc5c4CCCC5)c(F)c2F)S3)ccc1OCCCOCC1CCC2OC2C1. The van der Waals surface area contributed by atoms with Crippen molar-refractivity contribution in [3.8, 4) is 28.4 Å². The van der Waals surface area contributed by atoms with Crippen LogP contribution in [-0.2, 0) is 46.3 Å². The molecule has 4 unspecified atom stereocenters. The summed E-state index contributed by atoms with van der Waals surface area (Å²) in [6.07, 6.45) is 16.6. The zero-order valence-corrected chi connectivity index (χ0v) is 46.7. The summed E-state index contributed by atoms with van der Waals surface area (Å²) in [5.74, 6) is -1.17. The number of benzene rings is 6. The fourth-order valence-corrected chi connectivity index (χ4v) is 13.6. The number of epoxide rings is 1. The molecule has 10 nitrogen and oxygen atoms in total. The number of carbonyl (C=O) groups excluding carboxylic acids is 2. The summed E-state index contributed by atoms with van der Waals surface area (Å²) in [7, 11) is 0. The van der Waals surface area contributed by atoms with Gasteiger partial charge in [-0.05, 0) is 157 Å². The number of unbranched alkanes of at least 4 members (excludes halogenated alkanes) is 1. The van der Waals surface area contributed by atoms with Crippen LogP contribution in [0.15, 0.2) is 129 Å². The molecule has 412 valence electrons. The van der Waals surface area contributed by atoms with Gasteiger partial charge in [0, 0.05) is 36.5 Å². The molecule has 0 spiro atoms. The van der Waals surface area contributed by atoms with Gasteiger partial charge in [-0.1, -0.05) is 93.4 Å².